The summed E-state index contributed by atoms with van der Waals surface area (Å²) in [6.45, 7) is 9.54. The van der Waals surface area contributed by atoms with Gasteiger partial charge in [0, 0.05) is 72.9 Å². The number of unbranched alkanes of at least 4 members (excludes halogenated alkanes) is 3. The number of carbonyl (C=O) groups is 2. The largest absolute Gasteiger partial charge is 0.545 e. The maximum Gasteiger partial charge on any atom is 0.257 e. The van der Waals surface area contributed by atoms with Gasteiger partial charge in [-0.2, -0.15) is 0 Å². The molecule has 58 heavy (non-hydrogen) atoms. The van der Waals surface area contributed by atoms with E-state index in [0.29, 0.717) is 29.9 Å². The first kappa shape index (κ1) is 41.0. The minimum absolute atomic E-state index is 0.0220. The van der Waals surface area contributed by atoms with E-state index in [4.69, 9.17) is 21.1 Å². The van der Waals surface area contributed by atoms with E-state index in [0.717, 1.165) is 125 Å². The highest BCUT2D eigenvalue weighted by Gasteiger charge is 2.45. The topological polar surface area (TPSA) is 93.9 Å². The fourth-order valence-corrected chi connectivity index (χ4v) is 14.8. The van der Waals surface area contributed by atoms with Crippen LogP contribution in [0.4, 0.5) is 18.9 Å². The number of carbonyl (C=O) groups excluding carboxylic acids is 2. The molecule has 0 unspecified atom stereocenters. The average molecular weight is 836 g/mol. The quantitative estimate of drug-likeness (QED) is 0.0830. The number of amides is 1. The first-order valence-electron chi connectivity index (χ1n) is 21.2. The number of hydrogen-bond donors (Lipinski definition) is 1. The highest BCUT2D eigenvalue weighted by molar-refractivity contribution is 7.02. The number of aryl methyl sites for hydroxylation is 2. The Kier molecular flexibility index (Phi) is 12.1. The zero-order valence-electron chi connectivity index (χ0n) is 33.7. The van der Waals surface area contributed by atoms with Crippen LogP contribution in [0.1, 0.15) is 105 Å². The molecule has 0 fully saturated rings. The van der Waals surface area contributed by atoms with Crippen LogP contribution in [0.2, 0.25) is 13.1 Å². The Morgan fingerprint density at radius 1 is 0.810 bits per heavy atom. The van der Waals surface area contributed by atoms with Gasteiger partial charge >= 0.3 is 0 Å². The van der Waals surface area contributed by atoms with E-state index >= 15 is 13.2 Å². The molecule has 5 aliphatic rings. The molecule has 0 bridgehead atoms. The van der Waals surface area contributed by atoms with Gasteiger partial charge in [-0.05, 0) is 101 Å². The van der Waals surface area contributed by atoms with Crippen molar-refractivity contribution in [1.29, 1.82) is 0 Å². The number of nitrogens with zero attached hydrogens (tertiary/aromatic N) is 2. The van der Waals surface area contributed by atoms with Crippen molar-refractivity contribution in [3.8, 4) is 0 Å². The van der Waals surface area contributed by atoms with Crippen LogP contribution in [0.5, 0.6) is 0 Å². The predicted octanol–water partition coefficient (Wildman–Crippen LogP) is 3.50. The Labute approximate surface area is 344 Å². The molecule has 8 nitrogen and oxygen atoms in total. The van der Waals surface area contributed by atoms with Gasteiger partial charge in [0.05, 0.1) is 25.8 Å². The number of hydrogen-bond acceptors (Lipinski definition) is 6. The van der Waals surface area contributed by atoms with Crippen LogP contribution < -0.4 is 40.8 Å². The van der Waals surface area contributed by atoms with Crippen LogP contribution in [-0.4, -0.2) is 85.0 Å². The Morgan fingerprint density at radius 2 is 1.48 bits per heavy atom. The number of aromatic carboxylic acids is 1. The number of benzene rings is 3. The molecule has 0 aromatic heterocycles. The summed E-state index contributed by atoms with van der Waals surface area (Å²) in [4.78, 5) is 29.1. The van der Waals surface area contributed by atoms with Crippen molar-refractivity contribution < 1.29 is 37.3 Å². The predicted molar refractivity (Wildman–Crippen MR) is 221 cm³/mol. The van der Waals surface area contributed by atoms with Gasteiger partial charge in [-0.3, -0.25) is 4.79 Å². The second-order valence-electron chi connectivity index (χ2n) is 16.9. The molecule has 5 heterocycles. The van der Waals surface area contributed by atoms with Crippen molar-refractivity contribution >= 4 is 53.2 Å². The summed E-state index contributed by atoms with van der Waals surface area (Å²) in [6, 6.07) is 4.14. The van der Waals surface area contributed by atoms with Crippen molar-refractivity contribution in [2.24, 2.45) is 0 Å². The number of ether oxygens (including phenoxy) is 2. The number of fused-ring (bicyclic) bond motifs is 4. The molecule has 8 rings (SSSR count). The monoisotopic (exact) mass is 835 g/mol. The van der Waals surface area contributed by atoms with Crippen molar-refractivity contribution in [2.45, 2.75) is 90.1 Å². The molecule has 1 N–H and O–H groups in total. The third-order valence-electron chi connectivity index (χ3n) is 12.9. The zero-order valence-corrected chi connectivity index (χ0v) is 35.4. The number of nitrogens with one attached hydrogen (secondary N) is 1. The van der Waals surface area contributed by atoms with E-state index < -0.39 is 54.1 Å². The van der Waals surface area contributed by atoms with E-state index in [2.05, 4.69) is 40.0 Å². The first-order valence-corrected chi connectivity index (χ1v) is 24.8. The van der Waals surface area contributed by atoms with Gasteiger partial charge in [0.2, 0.25) is 5.36 Å². The number of anilines is 1. The SMILES string of the molecule is C[Si]1(C)c2c(cc3c4c2CCCN4CCC3)C(c2c(F)c(C(=O)NCCOCCOCCCCCCCl)c(F)c(F)c2C(=O)[O-])=c2cc3c4c(c21)CCC[N+]=4CCC3. The van der Waals surface area contributed by atoms with Gasteiger partial charge in [0.25, 0.3) is 5.91 Å². The summed E-state index contributed by atoms with van der Waals surface area (Å²) >= 11 is 5.71. The van der Waals surface area contributed by atoms with Crippen molar-refractivity contribution in [1.82, 2.24) is 9.89 Å². The van der Waals surface area contributed by atoms with E-state index in [-0.39, 0.29) is 25.3 Å². The maximum atomic E-state index is 17.5. The number of carboxylic acids is 1. The molecule has 3 aromatic carbocycles. The lowest BCUT2D eigenvalue weighted by Crippen LogP contribution is -2.68. The van der Waals surface area contributed by atoms with Gasteiger partial charge in [0.1, 0.15) is 32.5 Å². The van der Waals surface area contributed by atoms with E-state index in [1.165, 1.54) is 22.2 Å². The van der Waals surface area contributed by atoms with E-state index in [9.17, 15) is 14.7 Å². The van der Waals surface area contributed by atoms with Gasteiger partial charge in [-0.1, -0.05) is 25.9 Å². The molecule has 5 aliphatic heterocycles. The highest BCUT2D eigenvalue weighted by Crippen LogP contribution is 2.41. The number of alkyl halides is 1. The van der Waals surface area contributed by atoms with Gasteiger partial charge in [-0.25, -0.2) is 17.7 Å². The number of halogens is 4. The normalized spacial score (nSPS) is 17.4. The highest BCUT2D eigenvalue weighted by atomic mass is 35.5. The minimum atomic E-state index is -2.65. The Hall–Kier alpha value is -3.71. The van der Waals surface area contributed by atoms with Gasteiger partial charge in [0.15, 0.2) is 11.6 Å². The minimum Gasteiger partial charge on any atom is -0.545 e. The van der Waals surface area contributed by atoms with Crippen molar-refractivity contribution in [2.75, 3.05) is 69.9 Å². The molecule has 3 aromatic rings. The maximum absolute atomic E-state index is 17.5. The molecule has 0 saturated heterocycles. The van der Waals surface area contributed by atoms with Crippen LogP contribution in [-0.2, 0) is 35.2 Å². The Bertz CT molecular complexity index is 2290. The van der Waals surface area contributed by atoms with Crippen LogP contribution in [0.15, 0.2) is 12.1 Å². The summed E-state index contributed by atoms with van der Waals surface area (Å²) < 4.78 is 63.5. The summed E-state index contributed by atoms with van der Waals surface area (Å²) in [7, 11) is -2.65. The third-order valence-corrected chi connectivity index (χ3v) is 16.8. The molecule has 310 valence electrons. The summed E-state index contributed by atoms with van der Waals surface area (Å²) in [6.07, 6.45) is 11.0. The second kappa shape index (κ2) is 17.1. The van der Waals surface area contributed by atoms with Crippen molar-refractivity contribution in [3.05, 3.63) is 84.7 Å². The van der Waals surface area contributed by atoms with Crippen LogP contribution >= 0.6 is 11.6 Å². The lowest BCUT2D eigenvalue weighted by molar-refractivity contribution is -0.255. The van der Waals surface area contributed by atoms with Gasteiger partial charge in [-0.15, -0.1) is 11.6 Å². The molecule has 0 atom stereocenters. The van der Waals surface area contributed by atoms with E-state index in [1.54, 1.807) is 0 Å². The molecular formula is C45H53ClF3N3O5Si. The lowest BCUT2D eigenvalue weighted by atomic mass is 9.82. The van der Waals surface area contributed by atoms with Crippen LogP contribution in [0.3, 0.4) is 0 Å². The summed E-state index contributed by atoms with van der Waals surface area (Å²) in [5.41, 5.74) is 3.73. The van der Waals surface area contributed by atoms with Crippen LogP contribution in [0.25, 0.3) is 5.57 Å². The molecule has 1 amide bonds. The smallest absolute Gasteiger partial charge is 0.257 e. The molecular weight excluding hydrogens is 783 g/mol. The number of carboxylic acid groups (broad SMARTS) is 1. The summed E-state index contributed by atoms with van der Waals surface area (Å²) in [5, 5.41) is 19.6. The molecule has 0 aliphatic carbocycles. The molecule has 0 spiro atoms. The molecule has 0 saturated carbocycles. The average Bonchev–Trinajstić information content (AvgIpc) is 3.20. The van der Waals surface area contributed by atoms with Gasteiger partial charge < -0.3 is 29.6 Å². The fourth-order valence-electron chi connectivity index (χ4n) is 10.7. The summed E-state index contributed by atoms with van der Waals surface area (Å²) in [5.74, 6) is -7.68. The number of rotatable bonds is 15. The third kappa shape index (κ3) is 7.19. The van der Waals surface area contributed by atoms with Crippen LogP contribution in [0, 0.1) is 17.5 Å². The van der Waals surface area contributed by atoms with E-state index in [1.807, 2.05) is 0 Å². The second-order valence-corrected chi connectivity index (χ2v) is 21.5. The standard InChI is InChI=1S/C45H53ClF3N3O5Si/c1-58(2)42-29-13-9-19-51-17-7-11-27(40(29)51)25-31(42)33(32-26-28-12-8-18-52-20-10-14-30(41(28)52)43(32)58)34-35(45(54)55)38(48)39(49)36(37(34)47)44(53)50-16-22-57-24-23-56-21-6-4-3-5-15-46/h25-26H,3-24H2,1-2H3,(H-,50,53,54,55). The first-order chi connectivity index (χ1) is 28.1. The Balaban J connectivity index is 1.25. The van der Waals surface area contributed by atoms with Crippen molar-refractivity contribution in [3.63, 3.8) is 0 Å². The lowest BCUT2D eigenvalue weighted by Gasteiger charge is -2.44. The fraction of sp³-hybridized carbons (Fsp3) is 0.533. The Morgan fingerprint density at radius 3 is 2.24 bits per heavy atom. The zero-order chi connectivity index (χ0) is 40.7. The molecule has 0 radical (unpaired) electrons. The molecule has 13 heteroatoms.